The molecule has 0 saturated carbocycles. The molecule has 0 aliphatic carbocycles. The molecule has 0 radical (unpaired) electrons. The van der Waals surface area contributed by atoms with Crippen LogP contribution in [0.3, 0.4) is 0 Å². The number of hydrogen-bond acceptors (Lipinski definition) is 3. The third-order valence-corrected chi connectivity index (χ3v) is 1.86. The number of rotatable bonds is 1. The highest BCUT2D eigenvalue weighted by molar-refractivity contribution is 6.08. The zero-order chi connectivity index (χ0) is 8.55. The Morgan fingerprint density at radius 3 is 3.25 bits per heavy atom. The summed E-state index contributed by atoms with van der Waals surface area (Å²) in [6, 6.07) is 0. The summed E-state index contributed by atoms with van der Waals surface area (Å²) in [7, 11) is 0. The van der Waals surface area contributed by atoms with Crippen LogP contribution in [-0.4, -0.2) is 29.7 Å². The quantitative estimate of drug-likeness (QED) is 0.574. The van der Waals surface area contributed by atoms with Gasteiger partial charge in [0, 0.05) is 12.7 Å². The minimum atomic E-state index is -0.0934. The molecular weight excluding hydrogens is 154 g/mol. The summed E-state index contributed by atoms with van der Waals surface area (Å²) in [4.78, 5) is 16.5. The molecule has 0 saturated heterocycles. The Balaban J connectivity index is 2.31. The number of amides is 1. The predicted molar refractivity (Wildman–Crippen MR) is 45.4 cm³/mol. The number of fused-ring (bicyclic) bond motifs is 1. The Bertz CT molecular complexity index is 314. The van der Waals surface area contributed by atoms with Gasteiger partial charge in [-0.1, -0.05) is 0 Å². The number of nitrogens with zero attached hydrogens (tertiary/aromatic N) is 2. The molecule has 0 unspecified atom stereocenters. The van der Waals surface area contributed by atoms with E-state index in [1.165, 1.54) is 0 Å². The van der Waals surface area contributed by atoms with Crippen molar-refractivity contribution in [1.29, 1.82) is 0 Å². The lowest BCUT2D eigenvalue weighted by Crippen LogP contribution is -2.24. The van der Waals surface area contributed by atoms with Gasteiger partial charge in [0.1, 0.15) is 12.4 Å². The molecule has 0 aromatic rings. The Labute approximate surface area is 70.1 Å². The summed E-state index contributed by atoms with van der Waals surface area (Å²) < 4.78 is 0. The minimum absolute atomic E-state index is 0.0934. The van der Waals surface area contributed by atoms with Gasteiger partial charge in [-0.3, -0.25) is 4.79 Å². The smallest absolute Gasteiger partial charge is 0.267 e. The lowest BCUT2D eigenvalue weighted by Gasteiger charge is -2.16. The topological polar surface area (TPSA) is 58.7 Å². The van der Waals surface area contributed by atoms with Crippen LogP contribution in [0.2, 0.25) is 0 Å². The Kier molecular flexibility index (Phi) is 1.55. The second kappa shape index (κ2) is 2.57. The molecule has 62 valence electrons. The Morgan fingerprint density at radius 1 is 1.67 bits per heavy atom. The highest BCUT2D eigenvalue weighted by Crippen LogP contribution is 2.12. The van der Waals surface area contributed by atoms with E-state index in [-0.39, 0.29) is 5.91 Å². The highest BCUT2D eigenvalue weighted by atomic mass is 16.2. The first kappa shape index (κ1) is 7.24. The van der Waals surface area contributed by atoms with Gasteiger partial charge in [-0.15, -0.1) is 0 Å². The van der Waals surface area contributed by atoms with E-state index in [0.29, 0.717) is 18.9 Å². The van der Waals surface area contributed by atoms with E-state index in [1.807, 2.05) is 23.3 Å². The second-order valence-electron chi connectivity index (χ2n) is 2.73. The molecule has 2 rings (SSSR count). The Hall–Kier alpha value is -1.42. The molecule has 1 amide bonds. The predicted octanol–water partition coefficient (Wildman–Crippen LogP) is -0.361. The molecule has 4 nitrogen and oxygen atoms in total. The lowest BCUT2D eigenvalue weighted by molar-refractivity contribution is -0.116. The average Bonchev–Trinajstić information content (AvgIpc) is 2.43. The van der Waals surface area contributed by atoms with E-state index >= 15 is 0 Å². The van der Waals surface area contributed by atoms with Crippen LogP contribution in [-0.2, 0) is 4.79 Å². The maximum atomic E-state index is 10.9. The van der Waals surface area contributed by atoms with Gasteiger partial charge in [-0.25, -0.2) is 0 Å². The molecule has 0 bridgehead atoms. The van der Waals surface area contributed by atoms with Crippen molar-refractivity contribution in [2.24, 2.45) is 10.7 Å². The van der Waals surface area contributed by atoms with Gasteiger partial charge < -0.3 is 10.6 Å². The highest BCUT2D eigenvalue weighted by Gasteiger charge is 2.21. The SMILES string of the molecule is NCC1=CC2=NC(=O)CN2C=C1. The van der Waals surface area contributed by atoms with Crippen molar-refractivity contribution in [3.05, 3.63) is 23.9 Å². The molecule has 2 aliphatic rings. The van der Waals surface area contributed by atoms with E-state index in [4.69, 9.17) is 5.73 Å². The van der Waals surface area contributed by atoms with Gasteiger partial charge in [-0.2, -0.15) is 4.99 Å². The minimum Gasteiger partial charge on any atom is -0.326 e. The van der Waals surface area contributed by atoms with Crippen LogP contribution in [0.1, 0.15) is 0 Å². The normalized spacial score (nSPS) is 20.8. The van der Waals surface area contributed by atoms with Crippen molar-refractivity contribution in [3.8, 4) is 0 Å². The fourth-order valence-electron chi connectivity index (χ4n) is 1.22. The maximum absolute atomic E-state index is 10.9. The van der Waals surface area contributed by atoms with Gasteiger partial charge in [0.25, 0.3) is 5.91 Å². The standard InChI is InChI=1S/C8H9N3O/c9-4-6-1-2-11-5-8(12)10-7(11)3-6/h1-3H,4-5,9H2. The van der Waals surface area contributed by atoms with Crippen LogP contribution in [0.4, 0.5) is 0 Å². The van der Waals surface area contributed by atoms with Crippen LogP contribution in [0.25, 0.3) is 0 Å². The first-order valence-electron chi connectivity index (χ1n) is 3.76. The number of aliphatic imine (C=N–C) groups is 1. The molecule has 2 N–H and O–H groups in total. The van der Waals surface area contributed by atoms with Crippen LogP contribution in [0.5, 0.6) is 0 Å². The van der Waals surface area contributed by atoms with E-state index in [2.05, 4.69) is 4.99 Å². The summed E-state index contributed by atoms with van der Waals surface area (Å²) in [6.07, 6.45) is 5.58. The van der Waals surface area contributed by atoms with E-state index in [9.17, 15) is 4.79 Å². The maximum Gasteiger partial charge on any atom is 0.267 e. The van der Waals surface area contributed by atoms with Crippen LogP contribution < -0.4 is 5.73 Å². The largest absolute Gasteiger partial charge is 0.326 e. The molecule has 0 fully saturated rings. The van der Waals surface area contributed by atoms with E-state index < -0.39 is 0 Å². The van der Waals surface area contributed by atoms with Crippen LogP contribution >= 0.6 is 0 Å². The molecule has 0 atom stereocenters. The van der Waals surface area contributed by atoms with E-state index in [1.54, 1.807) is 0 Å². The van der Waals surface area contributed by atoms with Gasteiger partial charge in [-0.05, 0) is 17.7 Å². The summed E-state index contributed by atoms with van der Waals surface area (Å²) in [5.74, 6) is 0.618. The van der Waals surface area contributed by atoms with E-state index in [0.717, 1.165) is 5.57 Å². The number of nitrogens with two attached hydrogens (primary N) is 1. The molecule has 12 heavy (non-hydrogen) atoms. The molecular formula is C8H9N3O. The summed E-state index contributed by atoms with van der Waals surface area (Å²) >= 11 is 0. The van der Waals surface area contributed by atoms with Crippen molar-refractivity contribution >= 4 is 11.7 Å². The monoisotopic (exact) mass is 163 g/mol. The van der Waals surface area contributed by atoms with Crippen LogP contribution in [0.15, 0.2) is 28.9 Å². The summed E-state index contributed by atoms with van der Waals surface area (Å²) in [5.41, 5.74) is 6.44. The third kappa shape index (κ3) is 1.06. The molecule has 2 aliphatic heterocycles. The third-order valence-electron chi connectivity index (χ3n) is 1.86. The molecule has 4 heteroatoms. The van der Waals surface area contributed by atoms with Gasteiger partial charge in [0.05, 0.1) is 0 Å². The average molecular weight is 163 g/mol. The molecule has 0 aromatic heterocycles. The number of carbonyl (C=O) groups excluding carboxylic acids is 1. The fourth-order valence-corrected chi connectivity index (χ4v) is 1.22. The van der Waals surface area contributed by atoms with Crippen molar-refractivity contribution in [2.75, 3.05) is 13.1 Å². The van der Waals surface area contributed by atoms with Crippen molar-refractivity contribution < 1.29 is 4.79 Å². The number of hydrogen-bond donors (Lipinski definition) is 1. The Morgan fingerprint density at radius 2 is 2.50 bits per heavy atom. The molecule has 0 aromatic carbocycles. The fraction of sp³-hybridized carbons (Fsp3) is 0.250. The molecule has 0 spiro atoms. The molecule has 2 heterocycles. The second-order valence-corrected chi connectivity index (χ2v) is 2.73. The van der Waals surface area contributed by atoms with Gasteiger partial charge in [0.2, 0.25) is 0 Å². The lowest BCUT2D eigenvalue weighted by atomic mass is 10.2. The number of carbonyl (C=O) groups is 1. The first-order valence-corrected chi connectivity index (χ1v) is 3.76. The summed E-state index contributed by atoms with van der Waals surface area (Å²) in [5, 5.41) is 0. The van der Waals surface area contributed by atoms with Crippen molar-refractivity contribution in [1.82, 2.24) is 4.90 Å². The first-order chi connectivity index (χ1) is 5.79. The zero-order valence-corrected chi connectivity index (χ0v) is 6.53. The number of amidine groups is 1. The summed E-state index contributed by atoms with van der Waals surface area (Å²) in [6.45, 7) is 0.845. The van der Waals surface area contributed by atoms with Crippen molar-refractivity contribution in [3.63, 3.8) is 0 Å². The van der Waals surface area contributed by atoms with Crippen molar-refractivity contribution in [2.45, 2.75) is 0 Å². The van der Waals surface area contributed by atoms with Crippen LogP contribution in [0, 0.1) is 0 Å². The van der Waals surface area contributed by atoms with Gasteiger partial charge in [0.15, 0.2) is 0 Å². The zero-order valence-electron chi connectivity index (χ0n) is 6.53. The van der Waals surface area contributed by atoms with Gasteiger partial charge >= 0.3 is 0 Å².